The summed E-state index contributed by atoms with van der Waals surface area (Å²) in [5, 5.41) is 6.69. The van der Waals surface area contributed by atoms with Gasteiger partial charge in [0.05, 0.1) is 0 Å². The molecule has 1 heterocycles. The van der Waals surface area contributed by atoms with Gasteiger partial charge in [-0.1, -0.05) is 13.8 Å². The molecule has 0 aliphatic rings. The topological polar surface area (TPSA) is 56.9 Å². The van der Waals surface area contributed by atoms with Crippen LogP contribution in [0.1, 0.15) is 32.0 Å². The van der Waals surface area contributed by atoms with Crippen LogP contribution in [0.5, 0.6) is 0 Å². The molecule has 1 aromatic rings. The number of rotatable bonds is 6. The van der Waals surface area contributed by atoms with E-state index >= 15 is 0 Å². The van der Waals surface area contributed by atoms with Crippen molar-refractivity contribution in [2.75, 3.05) is 6.54 Å². The molecule has 3 N–H and O–H groups in total. The quantitative estimate of drug-likeness (QED) is 0.696. The van der Waals surface area contributed by atoms with Crippen LogP contribution in [-0.2, 0) is 6.54 Å². The van der Waals surface area contributed by atoms with E-state index in [-0.39, 0.29) is 5.43 Å². The fourth-order valence-corrected chi connectivity index (χ4v) is 1.51. The zero-order valence-electron chi connectivity index (χ0n) is 11.1. The predicted octanol–water partition coefficient (Wildman–Crippen LogP) is 1.16. The molecule has 0 radical (unpaired) electrons. The van der Waals surface area contributed by atoms with Crippen LogP contribution in [0.3, 0.4) is 0 Å². The minimum absolute atomic E-state index is 0.0952. The Kier molecular flexibility index (Phi) is 5.38. The Balaban J connectivity index is 2.42. The van der Waals surface area contributed by atoms with Gasteiger partial charge in [-0.2, -0.15) is 0 Å². The third-order valence-electron chi connectivity index (χ3n) is 2.61. The van der Waals surface area contributed by atoms with Gasteiger partial charge in [0.1, 0.15) is 0 Å². The molecular weight excluding hydrogens is 214 g/mol. The molecule has 1 atom stereocenters. The molecule has 0 spiro atoms. The van der Waals surface area contributed by atoms with E-state index in [1.807, 2.05) is 6.92 Å². The van der Waals surface area contributed by atoms with Gasteiger partial charge < -0.3 is 15.6 Å². The van der Waals surface area contributed by atoms with Crippen LogP contribution in [0, 0.1) is 6.92 Å². The van der Waals surface area contributed by atoms with Crippen LogP contribution in [-0.4, -0.2) is 23.6 Å². The molecule has 0 amide bonds. The summed E-state index contributed by atoms with van der Waals surface area (Å²) in [7, 11) is 0. The fraction of sp³-hybridized carbons (Fsp3) is 0.615. The molecule has 1 unspecified atom stereocenters. The van der Waals surface area contributed by atoms with Gasteiger partial charge in [0, 0.05) is 48.7 Å². The van der Waals surface area contributed by atoms with Crippen LogP contribution in [0.4, 0.5) is 0 Å². The number of hydrogen-bond donors (Lipinski definition) is 3. The average molecular weight is 237 g/mol. The molecule has 1 rings (SSSR count). The van der Waals surface area contributed by atoms with Crippen molar-refractivity contribution in [3.63, 3.8) is 0 Å². The molecule has 4 nitrogen and oxygen atoms in total. The monoisotopic (exact) mass is 237 g/mol. The van der Waals surface area contributed by atoms with E-state index in [1.54, 1.807) is 12.3 Å². The molecule has 0 saturated heterocycles. The number of pyridine rings is 1. The highest BCUT2D eigenvalue weighted by atomic mass is 16.1. The second kappa shape index (κ2) is 6.57. The van der Waals surface area contributed by atoms with Gasteiger partial charge in [0.15, 0.2) is 5.43 Å². The normalized spacial score (nSPS) is 13.0. The minimum Gasteiger partial charge on any atom is -0.365 e. The molecule has 0 saturated carbocycles. The van der Waals surface area contributed by atoms with Gasteiger partial charge in [-0.3, -0.25) is 4.79 Å². The smallest absolute Gasteiger partial charge is 0.186 e. The first-order valence-electron chi connectivity index (χ1n) is 6.14. The molecule has 0 aliphatic carbocycles. The van der Waals surface area contributed by atoms with Gasteiger partial charge in [-0.05, 0) is 13.8 Å². The first-order chi connectivity index (χ1) is 7.99. The highest BCUT2D eigenvalue weighted by Gasteiger charge is 2.04. The zero-order valence-corrected chi connectivity index (χ0v) is 11.1. The lowest BCUT2D eigenvalue weighted by molar-refractivity contribution is 0.473. The third-order valence-corrected chi connectivity index (χ3v) is 2.61. The number of nitrogens with one attached hydrogen (secondary N) is 3. The van der Waals surface area contributed by atoms with E-state index in [4.69, 9.17) is 0 Å². The van der Waals surface area contributed by atoms with E-state index in [0.29, 0.717) is 18.6 Å². The molecule has 0 bridgehead atoms. The standard InChI is InChI=1S/C13H23N3O/c1-9(2)14-6-11(4)16-8-12-7-15-10(3)5-13(12)17/h5,7,9,11,14,16H,6,8H2,1-4H3,(H,15,17). The lowest BCUT2D eigenvalue weighted by Crippen LogP contribution is -2.39. The van der Waals surface area contributed by atoms with Gasteiger partial charge in [0.2, 0.25) is 0 Å². The first-order valence-corrected chi connectivity index (χ1v) is 6.14. The molecule has 96 valence electrons. The maximum absolute atomic E-state index is 11.6. The molecule has 1 aromatic heterocycles. The molecule has 0 fully saturated rings. The molecule has 0 aliphatic heterocycles. The minimum atomic E-state index is 0.0952. The second-order valence-electron chi connectivity index (χ2n) is 4.85. The maximum Gasteiger partial charge on any atom is 0.186 e. The Morgan fingerprint density at radius 1 is 1.29 bits per heavy atom. The molecule has 4 heteroatoms. The van der Waals surface area contributed by atoms with Gasteiger partial charge in [-0.25, -0.2) is 0 Å². The average Bonchev–Trinajstić information content (AvgIpc) is 2.25. The van der Waals surface area contributed by atoms with Crippen molar-refractivity contribution in [3.8, 4) is 0 Å². The number of hydrogen-bond acceptors (Lipinski definition) is 3. The fourth-order valence-electron chi connectivity index (χ4n) is 1.51. The van der Waals surface area contributed by atoms with Gasteiger partial charge in [0.25, 0.3) is 0 Å². The lowest BCUT2D eigenvalue weighted by Gasteiger charge is -2.16. The highest BCUT2D eigenvalue weighted by Crippen LogP contribution is 1.93. The summed E-state index contributed by atoms with van der Waals surface area (Å²) in [5.74, 6) is 0. The summed E-state index contributed by atoms with van der Waals surface area (Å²) >= 11 is 0. The van der Waals surface area contributed by atoms with Crippen LogP contribution in [0.15, 0.2) is 17.1 Å². The predicted molar refractivity (Wildman–Crippen MR) is 71.2 cm³/mol. The van der Waals surface area contributed by atoms with Crippen LogP contribution in [0.2, 0.25) is 0 Å². The summed E-state index contributed by atoms with van der Waals surface area (Å²) < 4.78 is 0. The van der Waals surface area contributed by atoms with Crippen molar-refractivity contribution < 1.29 is 0 Å². The number of H-pyrrole nitrogens is 1. The summed E-state index contributed by atoms with van der Waals surface area (Å²) in [6.07, 6.45) is 1.78. The number of aryl methyl sites for hydroxylation is 1. The van der Waals surface area contributed by atoms with E-state index in [1.165, 1.54) is 0 Å². The second-order valence-corrected chi connectivity index (χ2v) is 4.85. The molecule has 0 aromatic carbocycles. The SMILES string of the molecule is Cc1cc(=O)c(CNC(C)CNC(C)C)c[nH]1. The lowest BCUT2D eigenvalue weighted by atomic mass is 10.2. The Labute approximate surface area is 103 Å². The van der Waals surface area contributed by atoms with Crippen molar-refractivity contribution in [2.24, 2.45) is 0 Å². The Hall–Kier alpha value is -1.13. The van der Waals surface area contributed by atoms with Crippen molar-refractivity contribution in [1.29, 1.82) is 0 Å². The number of aromatic amines is 1. The van der Waals surface area contributed by atoms with Gasteiger partial charge in [-0.15, -0.1) is 0 Å². The zero-order chi connectivity index (χ0) is 12.8. The molecule has 17 heavy (non-hydrogen) atoms. The Morgan fingerprint density at radius 3 is 2.59 bits per heavy atom. The summed E-state index contributed by atoms with van der Waals surface area (Å²) in [4.78, 5) is 14.7. The van der Waals surface area contributed by atoms with E-state index in [9.17, 15) is 4.79 Å². The summed E-state index contributed by atoms with van der Waals surface area (Å²) in [6.45, 7) is 9.75. The van der Waals surface area contributed by atoms with E-state index in [2.05, 4.69) is 36.4 Å². The van der Waals surface area contributed by atoms with Crippen molar-refractivity contribution in [1.82, 2.24) is 15.6 Å². The summed E-state index contributed by atoms with van der Waals surface area (Å²) in [5.41, 5.74) is 1.78. The van der Waals surface area contributed by atoms with Gasteiger partial charge >= 0.3 is 0 Å². The van der Waals surface area contributed by atoms with Crippen LogP contribution >= 0.6 is 0 Å². The largest absolute Gasteiger partial charge is 0.365 e. The van der Waals surface area contributed by atoms with E-state index < -0.39 is 0 Å². The Bertz CT molecular complexity index is 398. The van der Waals surface area contributed by atoms with Crippen LogP contribution < -0.4 is 16.1 Å². The highest BCUT2D eigenvalue weighted by molar-refractivity contribution is 5.13. The van der Waals surface area contributed by atoms with Crippen LogP contribution in [0.25, 0.3) is 0 Å². The molecular formula is C13H23N3O. The van der Waals surface area contributed by atoms with Crippen molar-refractivity contribution >= 4 is 0 Å². The van der Waals surface area contributed by atoms with Crippen molar-refractivity contribution in [2.45, 2.75) is 46.3 Å². The first kappa shape index (κ1) is 13.9. The maximum atomic E-state index is 11.6. The Morgan fingerprint density at radius 2 is 2.00 bits per heavy atom. The van der Waals surface area contributed by atoms with E-state index in [0.717, 1.165) is 17.8 Å². The van der Waals surface area contributed by atoms with Crippen molar-refractivity contribution in [3.05, 3.63) is 33.7 Å². The third kappa shape index (κ3) is 5.15. The number of aromatic nitrogens is 1. The summed E-state index contributed by atoms with van der Waals surface area (Å²) in [6, 6.07) is 2.47.